The van der Waals surface area contributed by atoms with Crippen molar-refractivity contribution in [3.63, 3.8) is 0 Å². The average Bonchev–Trinajstić information content (AvgIpc) is 3.27. The minimum absolute atomic E-state index is 0.0606. The number of nitrogens with zero attached hydrogens (tertiary/aromatic N) is 1. The number of nitrogens with two attached hydrogens (primary N) is 1. The van der Waals surface area contributed by atoms with Crippen molar-refractivity contribution in [3.8, 4) is 17.0 Å². The lowest BCUT2D eigenvalue weighted by Crippen LogP contribution is -2.22. The third-order valence-corrected chi connectivity index (χ3v) is 6.70. The molecule has 36 heavy (non-hydrogen) atoms. The highest BCUT2D eigenvalue weighted by Gasteiger charge is 2.28. The van der Waals surface area contributed by atoms with Gasteiger partial charge in [-0.1, -0.05) is 13.8 Å². The van der Waals surface area contributed by atoms with Gasteiger partial charge in [0.1, 0.15) is 22.3 Å². The summed E-state index contributed by atoms with van der Waals surface area (Å²) in [6.07, 6.45) is -0.185. The van der Waals surface area contributed by atoms with Crippen LogP contribution in [-0.2, 0) is 23.1 Å². The number of primary sulfonamides is 1. The van der Waals surface area contributed by atoms with Crippen molar-refractivity contribution < 1.29 is 26.3 Å². The van der Waals surface area contributed by atoms with E-state index in [0.717, 1.165) is 17.4 Å². The number of rotatable bonds is 11. The molecule has 0 bridgehead atoms. The molecule has 7 nitrogen and oxygen atoms in total. The van der Waals surface area contributed by atoms with Gasteiger partial charge in [-0.25, -0.2) is 31.7 Å². The number of anilines is 1. The number of nitrogens with one attached hydrogen (secondary N) is 2. The van der Waals surface area contributed by atoms with Gasteiger partial charge in [0.15, 0.2) is 5.82 Å². The third-order valence-electron chi connectivity index (χ3n) is 5.15. The predicted octanol–water partition coefficient (Wildman–Crippen LogP) is 5.02. The minimum atomic E-state index is -4.63. The highest BCUT2D eigenvalue weighted by Crippen LogP contribution is 2.35. The van der Waals surface area contributed by atoms with Crippen molar-refractivity contribution in [2.45, 2.75) is 51.8 Å². The molecule has 0 unspecified atom stereocenters. The van der Waals surface area contributed by atoms with Gasteiger partial charge in [-0.2, -0.15) is 0 Å². The van der Waals surface area contributed by atoms with Crippen LogP contribution in [-0.4, -0.2) is 26.1 Å². The van der Waals surface area contributed by atoms with Crippen molar-refractivity contribution >= 4 is 27.0 Å². The van der Waals surface area contributed by atoms with E-state index in [9.17, 15) is 17.2 Å². The third kappa shape index (κ3) is 6.55. The summed E-state index contributed by atoms with van der Waals surface area (Å²) in [5.74, 6) is -2.21. The molecule has 1 heterocycles. The summed E-state index contributed by atoms with van der Waals surface area (Å²) < 4.78 is 75.6. The molecule has 4 N–H and O–H groups in total. The first-order chi connectivity index (χ1) is 16.9. The van der Waals surface area contributed by atoms with Crippen LogP contribution in [0.25, 0.3) is 11.3 Å². The fourth-order valence-corrected chi connectivity index (χ4v) is 4.98. The zero-order valence-corrected chi connectivity index (χ0v) is 22.0. The zero-order valence-electron chi connectivity index (χ0n) is 20.4. The van der Waals surface area contributed by atoms with E-state index >= 15 is 4.39 Å². The molecule has 0 amide bonds. The van der Waals surface area contributed by atoms with E-state index in [1.165, 1.54) is 23.0 Å². The molecule has 0 saturated heterocycles. The maximum Gasteiger partial charge on any atom is 0.243 e. The zero-order chi connectivity index (χ0) is 26.6. The predicted molar refractivity (Wildman–Crippen MR) is 135 cm³/mol. The maximum atomic E-state index is 15.3. The van der Waals surface area contributed by atoms with Crippen LogP contribution in [0.15, 0.2) is 34.0 Å². The normalized spacial score (nSPS) is 11.9. The Morgan fingerprint density at radius 2 is 1.81 bits per heavy atom. The fourth-order valence-electron chi connectivity index (χ4n) is 3.64. The molecular formula is C24H29F3N4O3S2. The molecule has 196 valence electrons. The first-order valence-electron chi connectivity index (χ1n) is 11.2. The average molecular weight is 543 g/mol. The van der Waals surface area contributed by atoms with Crippen LogP contribution in [0.5, 0.6) is 5.75 Å². The summed E-state index contributed by atoms with van der Waals surface area (Å²) in [7, 11) is -4.63. The molecule has 2 aromatic carbocycles. The molecule has 3 aromatic rings. The van der Waals surface area contributed by atoms with Gasteiger partial charge < -0.3 is 15.4 Å². The molecular weight excluding hydrogens is 513 g/mol. The molecule has 0 atom stereocenters. The molecule has 1 aromatic heterocycles. The Hall–Kier alpha value is -2.67. The van der Waals surface area contributed by atoms with E-state index in [0.29, 0.717) is 23.8 Å². The van der Waals surface area contributed by atoms with Gasteiger partial charge in [0.25, 0.3) is 0 Å². The molecule has 0 saturated carbocycles. The fraction of sp³-hybridized carbons (Fsp3) is 0.375. The van der Waals surface area contributed by atoms with E-state index in [-0.39, 0.29) is 30.5 Å². The molecule has 12 heteroatoms. The number of sulfonamides is 1. The lowest BCUT2D eigenvalue weighted by molar-refractivity contribution is 0.238. The lowest BCUT2D eigenvalue weighted by atomic mass is 10.0. The van der Waals surface area contributed by atoms with Gasteiger partial charge in [0, 0.05) is 29.6 Å². The highest BCUT2D eigenvalue weighted by molar-refractivity contribution is 7.89. The summed E-state index contributed by atoms with van der Waals surface area (Å²) >= 11 is 1.09. The summed E-state index contributed by atoms with van der Waals surface area (Å²) in [4.78, 5) is 2.93. The van der Waals surface area contributed by atoms with E-state index < -0.39 is 43.6 Å². The second-order valence-electron chi connectivity index (χ2n) is 8.89. The van der Waals surface area contributed by atoms with Crippen LogP contribution in [0.4, 0.5) is 18.9 Å². The lowest BCUT2D eigenvalue weighted by Gasteiger charge is -2.21. The first-order valence-corrected chi connectivity index (χ1v) is 13.7. The van der Waals surface area contributed by atoms with Crippen LogP contribution in [0.3, 0.4) is 0 Å². The molecule has 3 rings (SSSR count). The van der Waals surface area contributed by atoms with Crippen molar-refractivity contribution in [1.29, 1.82) is 0 Å². The van der Waals surface area contributed by atoms with Crippen molar-refractivity contribution in [2.24, 2.45) is 11.1 Å². The van der Waals surface area contributed by atoms with E-state index in [2.05, 4.69) is 15.6 Å². The van der Waals surface area contributed by atoms with E-state index in [1.54, 1.807) is 0 Å². The second kappa shape index (κ2) is 11.6. The van der Waals surface area contributed by atoms with Gasteiger partial charge in [-0.15, -0.1) is 11.3 Å². The van der Waals surface area contributed by atoms with Gasteiger partial charge in [-0.3, -0.25) is 0 Å². The minimum Gasteiger partial charge on any atom is -0.491 e. The summed E-state index contributed by atoms with van der Waals surface area (Å²) in [6.45, 7) is 8.37. The quantitative estimate of drug-likeness (QED) is 0.314. The largest absolute Gasteiger partial charge is 0.491 e. The number of ether oxygens (including phenoxy) is 1. The number of halogens is 3. The van der Waals surface area contributed by atoms with Crippen LogP contribution in [0, 0.1) is 23.4 Å². The van der Waals surface area contributed by atoms with Gasteiger partial charge in [0.05, 0.1) is 28.6 Å². The Labute approximate surface area is 213 Å². The second-order valence-corrected chi connectivity index (χ2v) is 11.1. The molecule has 0 aliphatic rings. The Balaban J connectivity index is 2.05. The molecule has 0 spiro atoms. The first kappa shape index (κ1) is 27.9. The Kier molecular flexibility index (Phi) is 8.98. The van der Waals surface area contributed by atoms with Gasteiger partial charge in [-0.05, 0) is 44.5 Å². The van der Waals surface area contributed by atoms with Gasteiger partial charge >= 0.3 is 0 Å². The van der Waals surface area contributed by atoms with E-state index in [1.807, 2.05) is 27.7 Å². The number of hydrogen-bond acceptors (Lipinski definition) is 7. The smallest absolute Gasteiger partial charge is 0.243 e. The van der Waals surface area contributed by atoms with Crippen molar-refractivity contribution in [2.75, 3.05) is 11.9 Å². The van der Waals surface area contributed by atoms with Crippen LogP contribution < -0.4 is 20.5 Å². The van der Waals surface area contributed by atoms with Crippen molar-refractivity contribution in [3.05, 3.63) is 57.7 Å². The van der Waals surface area contributed by atoms with Crippen LogP contribution >= 0.6 is 11.3 Å². The Morgan fingerprint density at radius 1 is 1.08 bits per heavy atom. The van der Waals surface area contributed by atoms with Crippen molar-refractivity contribution in [1.82, 2.24) is 10.3 Å². The Bertz CT molecular complexity index is 1310. The highest BCUT2D eigenvalue weighted by atomic mass is 32.2. The summed E-state index contributed by atoms with van der Waals surface area (Å²) in [6, 6.07) is 3.57. The summed E-state index contributed by atoms with van der Waals surface area (Å²) in [5.41, 5.74) is 0.934. The Morgan fingerprint density at radius 3 is 2.39 bits per heavy atom. The maximum absolute atomic E-state index is 15.3. The molecule has 0 aliphatic carbocycles. The standard InChI is InChI=1S/C24H29F3N4O3S2/c1-13(2)8-29-9-16-15(17(25)5-6-21(16)34-14(3)4)10-30-19-7-18(26)22(20-11-35-12-31-20)23(27)24(19)36(28,32)33/h5-7,11-14,29-30H,8-10H2,1-4H3,(H2,28,32,33). The number of benzene rings is 2. The number of hydrogen-bond donors (Lipinski definition) is 3. The summed E-state index contributed by atoms with van der Waals surface area (Å²) in [5, 5.41) is 12.6. The molecule has 0 fully saturated rings. The molecule has 0 radical (unpaired) electrons. The number of thiazole rings is 1. The number of aromatic nitrogens is 1. The SMILES string of the molecule is CC(C)CNCc1c(OC(C)C)ccc(F)c1CNc1cc(F)c(-c2cscn2)c(F)c1S(N)(=O)=O. The van der Waals surface area contributed by atoms with Crippen LogP contribution in [0.2, 0.25) is 0 Å². The molecule has 0 aliphatic heterocycles. The van der Waals surface area contributed by atoms with Gasteiger partial charge in [0.2, 0.25) is 10.0 Å². The monoisotopic (exact) mass is 542 g/mol. The topological polar surface area (TPSA) is 106 Å². The van der Waals surface area contributed by atoms with Crippen LogP contribution in [0.1, 0.15) is 38.8 Å². The van der Waals surface area contributed by atoms with E-state index in [4.69, 9.17) is 9.88 Å².